The number of nitrogens with zero attached hydrogens (tertiary/aromatic N) is 1. The fraction of sp³-hybridized carbons (Fsp3) is 0.348. The number of ether oxygens (including phenoxy) is 2. The van der Waals surface area contributed by atoms with E-state index in [1.165, 1.54) is 0 Å². The Kier molecular flexibility index (Phi) is 5.31. The van der Waals surface area contributed by atoms with E-state index >= 15 is 0 Å². The number of carbonyl (C=O) groups is 3. The summed E-state index contributed by atoms with van der Waals surface area (Å²) < 4.78 is 10.7. The van der Waals surface area contributed by atoms with Crippen molar-refractivity contribution in [1.82, 2.24) is 10.2 Å². The lowest BCUT2D eigenvalue weighted by Crippen LogP contribution is -2.42. The van der Waals surface area contributed by atoms with Gasteiger partial charge in [-0.15, -0.1) is 0 Å². The molecule has 31 heavy (non-hydrogen) atoms. The minimum atomic E-state index is -1.30. The van der Waals surface area contributed by atoms with Crippen LogP contribution in [-0.2, 0) is 28.0 Å². The van der Waals surface area contributed by atoms with Crippen LogP contribution in [0, 0.1) is 0 Å². The first-order chi connectivity index (χ1) is 14.9. The highest BCUT2D eigenvalue weighted by Crippen LogP contribution is 2.37. The van der Waals surface area contributed by atoms with Gasteiger partial charge < -0.3 is 20.1 Å². The predicted molar refractivity (Wildman–Crippen MR) is 114 cm³/mol. The molecule has 2 aromatic rings. The Morgan fingerprint density at radius 1 is 1.10 bits per heavy atom. The molecular weight excluding hydrogens is 398 g/mol. The van der Waals surface area contributed by atoms with Crippen molar-refractivity contribution in [1.29, 1.82) is 0 Å². The molecule has 1 saturated heterocycles. The van der Waals surface area contributed by atoms with Gasteiger partial charge in [0, 0.05) is 5.69 Å². The van der Waals surface area contributed by atoms with E-state index in [0.29, 0.717) is 17.1 Å². The quantitative estimate of drug-likeness (QED) is 0.697. The molecule has 0 aliphatic carbocycles. The molecule has 8 nitrogen and oxygen atoms in total. The molecule has 0 aromatic heterocycles. The number of benzene rings is 2. The molecule has 1 fully saturated rings. The monoisotopic (exact) mass is 423 g/mol. The zero-order valence-electron chi connectivity index (χ0n) is 17.8. The van der Waals surface area contributed by atoms with Gasteiger partial charge in [0.05, 0.1) is 0 Å². The summed E-state index contributed by atoms with van der Waals surface area (Å²) >= 11 is 0. The first-order valence-corrected chi connectivity index (χ1v) is 10.3. The third kappa shape index (κ3) is 3.58. The molecule has 162 valence electrons. The Hall–Kier alpha value is -3.55. The summed E-state index contributed by atoms with van der Waals surface area (Å²) in [4.78, 5) is 39.5. The number of carbonyl (C=O) groups excluding carboxylic acids is 3. The smallest absolute Gasteiger partial charge is 0.325 e. The zero-order valence-corrected chi connectivity index (χ0v) is 17.8. The lowest BCUT2D eigenvalue weighted by Gasteiger charge is -2.22. The van der Waals surface area contributed by atoms with Crippen molar-refractivity contribution in [3.8, 4) is 11.5 Å². The molecule has 0 radical (unpaired) electrons. The number of aryl methyl sites for hydroxylation is 2. The predicted octanol–water partition coefficient (Wildman–Crippen LogP) is 2.95. The number of nitrogens with one attached hydrogen (secondary N) is 2. The van der Waals surface area contributed by atoms with Gasteiger partial charge in [0.25, 0.3) is 5.91 Å². The van der Waals surface area contributed by atoms with Crippen LogP contribution in [0.1, 0.15) is 37.5 Å². The molecule has 2 heterocycles. The van der Waals surface area contributed by atoms with Crippen LogP contribution >= 0.6 is 0 Å². The number of urea groups is 1. The van der Waals surface area contributed by atoms with Crippen molar-refractivity contribution in [2.45, 2.75) is 39.2 Å². The van der Waals surface area contributed by atoms with Crippen LogP contribution in [0.15, 0.2) is 36.4 Å². The summed E-state index contributed by atoms with van der Waals surface area (Å²) in [5, 5.41) is 5.61. The van der Waals surface area contributed by atoms with Crippen LogP contribution in [0.25, 0.3) is 0 Å². The minimum absolute atomic E-state index is 0.112. The van der Waals surface area contributed by atoms with E-state index in [-0.39, 0.29) is 13.3 Å². The normalized spacial score (nSPS) is 19.5. The Morgan fingerprint density at radius 2 is 1.77 bits per heavy atom. The van der Waals surface area contributed by atoms with E-state index in [1.54, 1.807) is 25.1 Å². The van der Waals surface area contributed by atoms with E-state index < -0.39 is 23.4 Å². The summed E-state index contributed by atoms with van der Waals surface area (Å²) in [6.07, 6.45) is 1.52. The maximum Gasteiger partial charge on any atom is 0.325 e. The number of hydrogen-bond acceptors (Lipinski definition) is 5. The minimum Gasteiger partial charge on any atom is -0.454 e. The number of rotatable bonds is 6. The van der Waals surface area contributed by atoms with Gasteiger partial charge in [-0.2, -0.15) is 0 Å². The molecule has 2 aromatic carbocycles. The number of amides is 4. The van der Waals surface area contributed by atoms with Gasteiger partial charge in [-0.1, -0.05) is 38.1 Å². The van der Waals surface area contributed by atoms with Crippen molar-refractivity contribution in [3.63, 3.8) is 0 Å². The van der Waals surface area contributed by atoms with Gasteiger partial charge >= 0.3 is 6.03 Å². The van der Waals surface area contributed by atoms with Crippen LogP contribution in [-0.4, -0.2) is 36.1 Å². The molecule has 8 heteroatoms. The van der Waals surface area contributed by atoms with Gasteiger partial charge in [0.2, 0.25) is 12.7 Å². The zero-order chi connectivity index (χ0) is 22.2. The molecular formula is C23H25N3O5. The molecule has 2 aliphatic heterocycles. The summed E-state index contributed by atoms with van der Waals surface area (Å²) in [7, 11) is 0. The molecule has 2 N–H and O–H groups in total. The van der Waals surface area contributed by atoms with Gasteiger partial charge in [0.1, 0.15) is 12.1 Å². The third-order valence-corrected chi connectivity index (χ3v) is 5.79. The molecule has 4 amide bonds. The van der Waals surface area contributed by atoms with Gasteiger partial charge in [-0.3, -0.25) is 14.5 Å². The maximum atomic E-state index is 13.2. The van der Waals surface area contributed by atoms with Crippen molar-refractivity contribution in [2.24, 2.45) is 0 Å². The molecule has 0 spiro atoms. The standard InChI is InChI=1S/C23H25N3O5/c1-4-14-7-6-8-15(5-2)20(14)24-19(27)12-26-21(28)23(3,25-22(26)29)16-9-10-17-18(11-16)31-13-30-17/h6-11H,4-5,12-13H2,1-3H3,(H,24,27)(H,25,29)/t23-/m0/s1. The highest BCUT2D eigenvalue weighted by atomic mass is 16.7. The number of para-hydroxylation sites is 1. The highest BCUT2D eigenvalue weighted by Gasteiger charge is 2.50. The van der Waals surface area contributed by atoms with Gasteiger partial charge in [-0.25, -0.2) is 4.79 Å². The highest BCUT2D eigenvalue weighted by molar-refractivity contribution is 6.10. The van der Waals surface area contributed by atoms with Crippen molar-refractivity contribution in [2.75, 3.05) is 18.7 Å². The Labute approximate surface area is 180 Å². The van der Waals surface area contributed by atoms with Crippen LogP contribution in [0.2, 0.25) is 0 Å². The third-order valence-electron chi connectivity index (χ3n) is 5.79. The molecule has 0 saturated carbocycles. The van der Waals surface area contributed by atoms with E-state index in [9.17, 15) is 14.4 Å². The van der Waals surface area contributed by atoms with E-state index in [0.717, 1.165) is 34.6 Å². The van der Waals surface area contributed by atoms with E-state index in [1.807, 2.05) is 32.0 Å². The largest absolute Gasteiger partial charge is 0.454 e. The second-order valence-electron chi connectivity index (χ2n) is 7.72. The first-order valence-electron chi connectivity index (χ1n) is 10.3. The summed E-state index contributed by atoms with van der Waals surface area (Å²) in [5.41, 5.74) is 2.03. The molecule has 0 unspecified atom stereocenters. The average molecular weight is 423 g/mol. The van der Waals surface area contributed by atoms with Crippen molar-refractivity contribution < 1.29 is 23.9 Å². The van der Waals surface area contributed by atoms with Crippen LogP contribution in [0.5, 0.6) is 11.5 Å². The molecule has 0 bridgehead atoms. The molecule has 4 rings (SSSR count). The van der Waals surface area contributed by atoms with Crippen molar-refractivity contribution >= 4 is 23.5 Å². The topological polar surface area (TPSA) is 97.0 Å². The summed E-state index contributed by atoms with van der Waals surface area (Å²) in [6, 6.07) is 10.3. The number of anilines is 1. The van der Waals surface area contributed by atoms with Gasteiger partial charge in [-0.05, 0) is 48.6 Å². The van der Waals surface area contributed by atoms with Gasteiger partial charge in [0.15, 0.2) is 11.5 Å². The second-order valence-corrected chi connectivity index (χ2v) is 7.72. The molecule has 2 aliphatic rings. The number of fused-ring (bicyclic) bond motifs is 1. The SMILES string of the molecule is CCc1cccc(CC)c1NC(=O)CN1C(=O)N[C@@](C)(c2ccc3c(c2)OCO3)C1=O. The Morgan fingerprint density at radius 3 is 2.45 bits per heavy atom. The first kappa shape index (κ1) is 20.7. The van der Waals surface area contributed by atoms with E-state index in [2.05, 4.69) is 10.6 Å². The maximum absolute atomic E-state index is 13.2. The fourth-order valence-corrected chi connectivity index (χ4v) is 3.97. The van der Waals surface area contributed by atoms with Crippen molar-refractivity contribution in [3.05, 3.63) is 53.1 Å². The number of hydrogen-bond donors (Lipinski definition) is 2. The Balaban J connectivity index is 1.53. The summed E-state index contributed by atoms with van der Waals surface area (Å²) in [6.45, 7) is 5.38. The lowest BCUT2D eigenvalue weighted by atomic mass is 9.91. The van der Waals surface area contributed by atoms with Crippen LogP contribution in [0.3, 0.4) is 0 Å². The van der Waals surface area contributed by atoms with E-state index in [4.69, 9.17) is 9.47 Å². The summed E-state index contributed by atoms with van der Waals surface area (Å²) in [5.74, 6) is 0.182. The fourth-order valence-electron chi connectivity index (χ4n) is 3.97. The Bertz CT molecular complexity index is 1040. The average Bonchev–Trinajstić information content (AvgIpc) is 3.32. The molecule has 1 atom stereocenters. The number of imide groups is 1. The van der Waals surface area contributed by atoms with Crippen LogP contribution in [0.4, 0.5) is 10.5 Å². The lowest BCUT2D eigenvalue weighted by molar-refractivity contribution is -0.133. The second kappa shape index (κ2) is 7.94. The van der Waals surface area contributed by atoms with Crippen LogP contribution < -0.4 is 20.1 Å².